The Morgan fingerprint density at radius 1 is 1.23 bits per heavy atom. The number of hydrogen-bond donors (Lipinski definition) is 1. The molecule has 0 spiro atoms. The van der Waals surface area contributed by atoms with Crippen LogP contribution in [0.4, 0.5) is 0 Å². The fraction of sp³-hybridized carbons (Fsp3) is 0.105. The van der Waals surface area contributed by atoms with E-state index in [-0.39, 0.29) is 17.2 Å². The van der Waals surface area contributed by atoms with Crippen LogP contribution in [0.15, 0.2) is 54.6 Å². The quantitative estimate of drug-likeness (QED) is 0.372. The van der Waals surface area contributed by atoms with E-state index in [1.54, 1.807) is 19.3 Å². The molecule has 0 radical (unpaired) electrons. The van der Waals surface area contributed by atoms with E-state index in [0.717, 1.165) is 21.1 Å². The highest BCUT2D eigenvalue weighted by atomic mass is 32.1. The first-order valence-corrected chi connectivity index (χ1v) is 9.00. The zero-order valence-corrected chi connectivity index (χ0v) is 15.7. The van der Waals surface area contributed by atoms with Crippen molar-refractivity contribution in [1.29, 1.82) is 0 Å². The van der Waals surface area contributed by atoms with Crippen molar-refractivity contribution in [3.8, 4) is 16.2 Å². The van der Waals surface area contributed by atoms with Crippen LogP contribution < -0.4 is 10.1 Å². The van der Waals surface area contributed by atoms with E-state index in [1.807, 2.05) is 36.4 Å². The monoisotopic (exact) mass is 384 g/mol. The van der Waals surface area contributed by atoms with Crippen molar-refractivity contribution in [1.82, 2.24) is 10.2 Å². The van der Waals surface area contributed by atoms with E-state index < -0.39 is 11.8 Å². The van der Waals surface area contributed by atoms with Gasteiger partial charge in [0.2, 0.25) is 0 Å². The first kappa shape index (κ1) is 18.0. The van der Waals surface area contributed by atoms with Crippen LogP contribution in [0.3, 0.4) is 0 Å². The first-order valence-electron chi connectivity index (χ1n) is 7.77. The molecule has 0 atom stereocenters. The Morgan fingerprint density at radius 2 is 1.96 bits per heavy atom. The van der Waals surface area contributed by atoms with E-state index in [0.29, 0.717) is 0 Å². The van der Waals surface area contributed by atoms with Gasteiger partial charge in [-0.2, -0.15) is 0 Å². The Kier molecular flexibility index (Phi) is 5.29. The van der Waals surface area contributed by atoms with Crippen molar-refractivity contribution >= 4 is 46.6 Å². The molecule has 2 amide bonds. The van der Waals surface area contributed by atoms with Crippen LogP contribution in [0.5, 0.6) is 5.75 Å². The van der Waals surface area contributed by atoms with Gasteiger partial charge in [-0.25, -0.2) is 0 Å². The summed E-state index contributed by atoms with van der Waals surface area (Å²) >= 11 is 6.53. The van der Waals surface area contributed by atoms with Crippen LogP contribution in [-0.2, 0) is 9.59 Å². The molecule has 132 valence electrons. The second kappa shape index (κ2) is 7.63. The van der Waals surface area contributed by atoms with Gasteiger partial charge in [0.05, 0.1) is 7.11 Å². The maximum Gasteiger partial charge on any atom is 0.265 e. The van der Waals surface area contributed by atoms with E-state index in [1.165, 1.54) is 16.2 Å². The molecule has 7 heteroatoms. The molecule has 2 aromatic rings. The molecule has 1 saturated heterocycles. The number of methoxy groups -OCH3 is 1. The number of nitrogens with one attached hydrogen (secondary N) is 1. The summed E-state index contributed by atoms with van der Waals surface area (Å²) in [6.45, 7) is 3.86. The summed E-state index contributed by atoms with van der Waals surface area (Å²) in [5.41, 5.74) is 1.10. The minimum atomic E-state index is -0.486. The molecule has 1 aliphatic heterocycles. The fourth-order valence-electron chi connectivity index (χ4n) is 2.47. The summed E-state index contributed by atoms with van der Waals surface area (Å²) in [4.78, 5) is 27.9. The molecule has 26 heavy (non-hydrogen) atoms. The highest BCUT2D eigenvalue weighted by molar-refractivity contribution is 7.80. The highest BCUT2D eigenvalue weighted by Gasteiger charge is 2.32. The lowest BCUT2D eigenvalue weighted by Crippen LogP contribution is -2.53. The van der Waals surface area contributed by atoms with E-state index in [9.17, 15) is 9.59 Å². The Bertz CT molecular complexity index is 913. The average molecular weight is 384 g/mol. The number of amides is 2. The highest BCUT2D eigenvalue weighted by Crippen LogP contribution is 2.31. The molecule has 5 nitrogen and oxygen atoms in total. The van der Waals surface area contributed by atoms with E-state index in [2.05, 4.69) is 11.9 Å². The minimum absolute atomic E-state index is 0.0589. The van der Waals surface area contributed by atoms with Gasteiger partial charge in [0.15, 0.2) is 5.11 Å². The number of carbonyl (C=O) groups excluding carboxylic acids is 2. The summed E-state index contributed by atoms with van der Waals surface area (Å²) in [5.74, 6) is -0.117. The Balaban J connectivity index is 1.88. The van der Waals surface area contributed by atoms with Gasteiger partial charge in [-0.15, -0.1) is 17.9 Å². The number of benzene rings is 1. The average Bonchev–Trinajstić information content (AvgIpc) is 3.11. The number of nitrogens with zero attached hydrogens (tertiary/aromatic N) is 1. The van der Waals surface area contributed by atoms with Gasteiger partial charge in [0.25, 0.3) is 11.8 Å². The summed E-state index contributed by atoms with van der Waals surface area (Å²) in [6, 6.07) is 11.5. The summed E-state index contributed by atoms with van der Waals surface area (Å²) in [7, 11) is 1.62. The van der Waals surface area contributed by atoms with Crippen LogP contribution in [0, 0.1) is 0 Å². The van der Waals surface area contributed by atoms with Gasteiger partial charge >= 0.3 is 0 Å². The zero-order chi connectivity index (χ0) is 18.7. The topological polar surface area (TPSA) is 58.6 Å². The van der Waals surface area contributed by atoms with E-state index >= 15 is 0 Å². The summed E-state index contributed by atoms with van der Waals surface area (Å²) < 4.78 is 5.16. The number of hydrogen-bond acceptors (Lipinski definition) is 5. The molecule has 1 N–H and O–H groups in total. The fourth-order valence-corrected chi connectivity index (χ4v) is 3.68. The van der Waals surface area contributed by atoms with Crippen molar-refractivity contribution in [3.63, 3.8) is 0 Å². The molecular formula is C19H16N2O3S2. The number of thiocarbonyl (C=S) groups is 1. The van der Waals surface area contributed by atoms with Gasteiger partial charge in [-0.05, 0) is 60.3 Å². The second-order valence-electron chi connectivity index (χ2n) is 5.45. The maximum atomic E-state index is 12.5. The third-order valence-electron chi connectivity index (χ3n) is 3.79. The number of rotatable bonds is 5. The van der Waals surface area contributed by atoms with E-state index in [4.69, 9.17) is 17.0 Å². The van der Waals surface area contributed by atoms with Crippen LogP contribution in [0.1, 0.15) is 4.88 Å². The summed E-state index contributed by atoms with van der Waals surface area (Å²) in [5, 5.41) is 2.64. The molecule has 1 aliphatic rings. The van der Waals surface area contributed by atoms with Crippen molar-refractivity contribution in [3.05, 3.63) is 59.5 Å². The van der Waals surface area contributed by atoms with Crippen LogP contribution in [0.25, 0.3) is 16.5 Å². The second-order valence-corrected chi connectivity index (χ2v) is 6.95. The molecule has 3 rings (SSSR count). The zero-order valence-electron chi connectivity index (χ0n) is 14.0. The molecule has 0 bridgehead atoms. The van der Waals surface area contributed by atoms with Crippen LogP contribution in [0.2, 0.25) is 0 Å². The van der Waals surface area contributed by atoms with Crippen molar-refractivity contribution in [2.24, 2.45) is 0 Å². The molecular weight excluding hydrogens is 368 g/mol. The number of ether oxygens (including phenoxy) is 1. The number of thiophene rings is 1. The predicted molar refractivity (Wildman–Crippen MR) is 107 cm³/mol. The smallest absolute Gasteiger partial charge is 0.265 e. The van der Waals surface area contributed by atoms with Gasteiger partial charge in [0, 0.05) is 16.3 Å². The Morgan fingerprint density at radius 3 is 2.62 bits per heavy atom. The molecule has 0 aliphatic carbocycles. The van der Waals surface area contributed by atoms with Gasteiger partial charge < -0.3 is 4.74 Å². The molecule has 2 heterocycles. The van der Waals surface area contributed by atoms with Crippen molar-refractivity contribution in [2.45, 2.75) is 0 Å². The van der Waals surface area contributed by atoms with Crippen molar-refractivity contribution in [2.75, 3.05) is 13.7 Å². The molecule has 1 fully saturated rings. The lowest BCUT2D eigenvalue weighted by atomic mass is 10.1. The molecule has 1 aromatic heterocycles. The normalized spacial score (nSPS) is 16.0. The standard InChI is InChI=1S/C19H16N2O3S2/c1-3-10-21-18(23)15(17(22)20-19(21)25)11-14-8-9-16(26-14)12-4-6-13(24-2)7-5-12/h3-9,11H,1,10H2,2H3,(H,20,22,25). The first-order chi connectivity index (χ1) is 12.5. The largest absolute Gasteiger partial charge is 0.497 e. The Labute approximate surface area is 160 Å². The molecule has 0 unspecified atom stereocenters. The number of carbonyl (C=O) groups is 2. The Hall–Kier alpha value is -2.77. The lowest BCUT2D eigenvalue weighted by Gasteiger charge is -2.27. The molecule has 0 saturated carbocycles. The van der Waals surface area contributed by atoms with Gasteiger partial charge in [0.1, 0.15) is 11.3 Å². The summed E-state index contributed by atoms with van der Waals surface area (Å²) in [6.07, 6.45) is 3.15. The van der Waals surface area contributed by atoms with Crippen LogP contribution >= 0.6 is 23.6 Å². The van der Waals surface area contributed by atoms with Crippen molar-refractivity contribution < 1.29 is 14.3 Å². The predicted octanol–water partition coefficient (Wildman–Crippen LogP) is 3.24. The lowest BCUT2D eigenvalue weighted by molar-refractivity contribution is -0.128. The third-order valence-corrected chi connectivity index (χ3v) is 5.19. The van der Waals surface area contributed by atoms with Gasteiger partial charge in [-0.3, -0.25) is 19.8 Å². The minimum Gasteiger partial charge on any atom is -0.497 e. The van der Waals surface area contributed by atoms with Crippen LogP contribution in [-0.4, -0.2) is 35.5 Å². The third kappa shape index (κ3) is 3.58. The molecule has 1 aromatic carbocycles. The van der Waals surface area contributed by atoms with Gasteiger partial charge in [-0.1, -0.05) is 6.08 Å². The maximum absolute atomic E-state index is 12.5. The SMILES string of the molecule is C=CCN1C(=O)C(=Cc2ccc(-c3ccc(OC)cc3)s2)C(=O)NC1=S.